The molecule has 0 radical (unpaired) electrons. The number of nitrogens with zero attached hydrogens (tertiary/aromatic N) is 4. The van der Waals surface area contributed by atoms with Gasteiger partial charge in [-0.15, -0.1) is 0 Å². The van der Waals surface area contributed by atoms with Gasteiger partial charge in [-0.3, -0.25) is 10.2 Å². The van der Waals surface area contributed by atoms with Gasteiger partial charge in [0, 0.05) is 43.4 Å². The molecule has 0 atom stereocenters. The molecule has 27 heavy (non-hydrogen) atoms. The number of nitrogens with one attached hydrogen (secondary N) is 2. The van der Waals surface area contributed by atoms with Crippen LogP contribution < -0.4 is 10.7 Å². The third-order valence-electron chi connectivity index (χ3n) is 4.79. The number of aromatic nitrogens is 2. The van der Waals surface area contributed by atoms with Gasteiger partial charge < -0.3 is 10.2 Å². The highest BCUT2D eigenvalue weighted by molar-refractivity contribution is 5.85. The summed E-state index contributed by atoms with van der Waals surface area (Å²) in [4.78, 5) is 21.9. The van der Waals surface area contributed by atoms with Crippen molar-refractivity contribution in [1.29, 1.82) is 0 Å². The molecule has 0 saturated carbocycles. The van der Waals surface area contributed by atoms with Crippen LogP contribution in [-0.4, -0.2) is 59.5 Å². The Balaban J connectivity index is 1.52. The molecule has 0 aliphatic carbocycles. The van der Waals surface area contributed by atoms with Gasteiger partial charge in [-0.1, -0.05) is 18.2 Å². The molecule has 0 spiro atoms. The van der Waals surface area contributed by atoms with Crippen molar-refractivity contribution in [1.82, 2.24) is 19.9 Å². The Morgan fingerprint density at radius 3 is 2.48 bits per heavy atom. The lowest BCUT2D eigenvalue weighted by Crippen LogP contribution is -2.47. The van der Waals surface area contributed by atoms with Crippen LogP contribution in [0.1, 0.15) is 0 Å². The Hall–Kier alpha value is -3.03. The number of hydrogen-bond donors (Lipinski definition) is 2. The first-order valence-electron chi connectivity index (χ1n) is 8.99. The molecule has 1 amide bonds. The van der Waals surface area contributed by atoms with Crippen LogP contribution in [0.5, 0.6) is 0 Å². The van der Waals surface area contributed by atoms with Gasteiger partial charge in [0.1, 0.15) is 0 Å². The van der Waals surface area contributed by atoms with Crippen LogP contribution >= 0.6 is 0 Å². The molecule has 3 aromatic rings. The van der Waals surface area contributed by atoms with Crippen LogP contribution in [0.25, 0.3) is 22.0 Å². The van der Waals surface area contributed by atoms with E-state index in [1.165, 1.54) is 0 Å². The molecule has 1 saturated heterocycles. The van der Waals surface area contributed by atoms with E-state index in [0.717, 1.165) is 53.9 Å². The second-order valence-corrected chi connectivity index (χ2v) is 6.71. The number of rotatable bonds is 5. The summed E-state index contributed by atoms with van der Waals surface area (Å²) in [6, 6.07) is 13.9. The molecule has 138 valence electrons. The molecule has 2 heterocycles. The second-order valence-electron chi connectivity index (χ2n) is 6.71. The lowest BCUT2D eigenvalue weighted by atomic mass is 10.0. The fourth-order valence-corrected chi connectivity index (χ4v) is 3.15. The number of likely N-dealkylation sites (N-methyl/N-ethyl adjacent to an activating group) is 1. The van der Waals surface area contributed by atoms with Gasteiger partial charge in [0.05, 0.1) is 5.52 Å². The smallest absolute Gasteiger partial charge is 0.238 e. The lowest BCUT2D eigenvalue weighted by molar-refractivity contribution is -0.105. The van der Waals surface area contributed by atoms with E-state index in [0.29, 0.717) is 12.4 Å². The van der Waals surface area contributed by atoms with Crippen LogP contribution in [0.4, 0.5) is 11.6 Å². The van der Waals surface area contributed by atoms with Crippen molar-refractivity contribution in [3.8, 4) is 11.1 Å². The summed E-state index contributed by atoms with van der Waals surface area (Å²) >= 11 is 0. The maximum Gasteiger partial charge on any atom is 0.238 e. The van der Waals surface area contributed by atoms with Gasteiger partial charge in [-0.25, -0.2) is 15.0 Å². The molecular weight excluding hydrogens is 340 g/mol. The van der Waals surface area contributed by atoms with E-state index >= 15 is 0 Å². The summed E-state index contributed by atoms with van der Waals surface area (Å²) in [5.74, 6) is 0.629. The van der Waals surface area contributed by atoms with Crippen molar-refractivity contribution in [3.05, 3.63) is 48.7 Å². The van der Waals surface area contributed by atoms with Crippen molar-refractivity contribution >= 4 is 28.9 Å². The summed E-state index contributed by atoms with van der Waals surface area (Å²) in [6.45, 7) is 3.97. The molecular formula is C20H22N6O. The van der Waals surface area contributed by atoms with Gasteiger partial charge >= 0.3 is 0 Å². The highest BCUT2D eigenvalue weighted by atomic mass is 16.1. The molecule has 0 bridgehead atoms. The minimum Gasteiger partial charge on any atom is -0.329 e. The molecule has 1 aliphatic heterocycles. The summed E-state index contributed by atoms with van der Waals surface area (Å²) in [5, 5.41) is 5.79. The SMILES string of the molecule is CN1CCN(Nc2ncc3cc(-c4ccc(NC=O)cc4)ccc3n2)CC1. The highest BCUT2D eigenvalue weighted by Crippen LogP contribution is 2.25. The largest absolute Gasteiger partial charge is 0.329 e. The monoisotopic (exact) mass is 362 g/mol. The van der Waals surface area contributed by atoms with E-state index in [1.807, 2.05) is 36.5 Å². The number of carbonyl (C=O) groups is 1. The van der Waals surface area contributed by atoms with Crippen LogP contribution in [0.15, 0.2) is 48.7 Å². The Morgan fingerprint density at radius 1 is 1.00 bits per heavy atom. The van der Waals surface area contributed by atoms with Crippen molar-refractivity contribution in [2.75, 3.05) is 44.0 Å². The first-order chi connectivity index (χ1) is 13.2. The number of fused-ring (bicyclic) bond motifs is 1. The van der Waals surface area contributed by atoms with E-state index in [4.69, 9.17) is 0 Å². The third kappa shape index (κ3) is 4.05. The Kier molecular flexibility index (Phi) is 4.95. The number of hydrogen-bond acceptors (Lipinski definition) is 6. The van der Waals surface area contributed by atoms with Gasteiger partial charge in [0.2, 0.25) is 12.4 Å². The molecule has 0 unspecified atom stereocenters. The maximum atomic E-state index is 10.5. The topological polar surface area (TPSA) is 73.4 Å². The molecule has 2 N–H and O–H groups in total. The van der Waals surface area contributed by atoms with Crippen molar-refractivity contribution < 1.29 is 4.79 Å². The fraction of sp³-hybridized carbons (Fsp3) is 0.250. The average molecular weight is 362 g/mol. The summed E-state index contributed by atoms with van der Waals surface area (Å²) in [7, 11) is 2.13. The zero-order valence-corrected chi connectivity index (χ0v) is 15.2. The number of amides is 1. The molecule has 7 heteroatoms. The summed E-state index contributed by atoms with van der Waals surface area (Å²) < 4.78 is 0. The molecule has 7 nitrogen and oxygen atoms in total. The molecule has 1 aliphatic rings. The first-order valence-corrected chi connectivity index (χ1v) is 8.99. The number of anilines is 2. The van der Waals surface area contributed by atoms with Gasteiger partial charge in [-0.2, -0.15) is 0 Å². The molecule has 2 aromatic carbocycles. The Morgan fingerprint density at radius 2 is 1.74 bits per heavy atom. The van der Waals surface area contributed by atoms with E-state index < -0.39 is 0 Å². The lowest BCUT2D eigenvalue weighted by Gasteiger charge is -2.32. The zero-order chi connectivity index (χ0) is 18.6. The molecule has 1 aromatic heterocycles. The van der Waals surface area contributed by atoms with Crippen molar-refractivity contribution in [2.24, 2.45) is 0 Å². The molecule has 4 rings (SSSR count). The van der Waals surface area contributed by atoms with Crippen LogP contribution in [0.2, 0.25) is 0 Å². The van der Waals surface area contributed by atoms with E-state index in [-0.39, 0.29) is 0 Å². The minimum atomic E-state index is 0.629. The minimum absolute atomic E-state index is 0.629. The highest BCUT2D eigenvalue weighted by Gasteiger charge is 2.14. The quantitative estimate of drug-likeness (QED) is 0.679. The van der Waals surface area contributed by atoms with Crippen LogP contribution in [0.3, 0.4) is 0 Å². The van der Waals surface area contributed by atoms with Crippen LogP contribution in [-0.2, 0) is 4.79 Å². The van der Waals surface area contributed by atoms with Gasteiger partial charge in [0.25, 0.3) is 0 Å². The Bertz CT molecular complexity index is 935. The predicted octanol–water partition coefficient (Wildman–Crippen LogP) is 2.44. The predicted molar refractivity (Wildman–Crippen MR) is 107 cm³/mol. The summed E-state index contributed by atoms with van der Waals surface area (Å²) in [6.07, 6.45) is 2.53. The molecule has 1 fully saturated rings. The van der Waals surface area contributed by atoms with Crippen molar-refractivity contribution in [2.45, 2.75) is 0 Å². The van der Waals surface area contributed by atoms with Crippen LogP contribution in [0, 0.1) is 0 Å². The second kappa shape index (κ2) is 7.69. The standard InChI is InChI=1S/C20H22N6O/c1-25-8-10-26(11-9-25)24-20-21-13-17-12-16(4-7-19(17)23-20)15-2-5-18(6-3-15)22-14-27/h2-7,12-14H,8-11H2,1H3,(H,22,27)(H,21,23,24). The number of piperazine rings is 1. The number of hydrazine groups is 1. The maximum absolute atomic E-state index is 10.5. The fourth-order valence-electron chi connectivity index (χ4n) is 3.15. The van der Waals surface area contributed by atoms with Crippen molar-refractivity contribution in [3.63, 3.8) is 0 Å². The third-order valence-corrected chi connectivity index (χ3v) is 4.79. The average Bonchev–Trinajstić information content (AvgIpc) is 2.70. The number of carbonyl (C=O) groups excluding carboxylic acids is 1. The normalized spacial score (nSPS) is 15.6. The van der Waals surface area contributed by atoms with E-state index in [9.17, 15) is 4.79 Å². The van der Waals surface area contributed by atoms with Gasteiger partial charge in [0.15, 0.2) is 0 Å². The Labute approximate surface area is 158 Å². The zero-order valence-electron chi connectivity index (χ0n) is 15.2. The summed E-state index contributed by atoms with van der Waals surface area (Å²) in [5.41, 5.74) is 7.15. The van der Waals surface area contributed by atoms with Gasteiger partial charge in [-0.05, 0) is 42.4 Å². The first kappa shape index (κ1) is 17.4. The van der Waals surface area contributed by atoms with E-state index in [2.05, 4.69) is 49.8 Å². The van der Waals surface area contributed by atoms with E-state index in [1.54, 1.807) is 0 Å². The number of benzene rings is 2.